The van der Waals surface area contributed by atoms with Crippen LogP contribution in [-0.2, 0) is 0 Å². The molecule has 0 saturated carbocycles. The first-order valence-electron chi connectivity index (χ1n) is 8.41. The number of hydrogen-bond acceptors (Lipinski definition) is 2. The van der Waals surface area contributed by atoms with E-state index in [-0.39, 0.29) is 0 Å². The third-order valence-electron chi connectivity index (χ3n) is 4.87. The Bertz CT molecular complexity index is 505. The topological polar surface area (TPSA) is 29.3 Å². The Morgan fingerprint density at radius 3 is 1.82 bits per heavy atom. The summed E-state index contributed by atoms with van der Waals surface area (Å²) >= 11 is 0. The minimum Gasteiger partial charge on any atom is -0.329 e. The van der Waals surface area contributed by atoms with Gasteiger partial charge in [0.1, 0.15) is 0 Å². The van der Waals surface area contributed by atoms with E-state index in [1.54, 1.807) is 0 Å². The van der Waals surface area contributed by atoms with E-state index in [9.17, 15) is 0 Å². The van der Waals surface area contributed by atoms with Crippen LogP contribution >= 0.6 is 0 Å². The van der Waals surface area contributed by atoms with Gasteiger partial charge in [-0.2, -0.15) is 0 Å². The van der Waals surface area contributed by atoms with Crippen molar-refractivity contribution in [3.05, 3.63) is 71.8 Å². The van der Waals surface area contributed by atoms with Crippen LogP contribution in [0.1, 0.15) is 29.9 Å². The molecule has 0 atom stereocenters. The average Bonchev–Trinajstić information content (AvgIpc) is 2.59. The third-order valence-corrected chi connectivity index (χ3v) is 4.87. The van der Waals surface area contributed by atoms with E-state index < -0.39 is 0 Å². The van der Waals surface area contributed by atoms with Crippen molar-refractivity contribution in [2.75, 3.05) is 26.2 Å². The molecule has 0 radical (unpaired) electrons. The van der Waals surface area contributed by atoms with Gasteiger partial charge in [0.15, 0.2) is 0 Å². The normalized spacial score (nSPS) is 17.0. The summed E-state index contributed by atoms with van der Waals surface area (Å²) < 4.78 is 0. The van der Waals surface area contributed by atoms with Gasteiger partial charge in [0.2, 0.25) is 0 Å². The summed E-state index contributed by atoms with van der Waals surface area (Å²) in [5.41, 5.74) is 8.59. The van der Waals surface area contributed by atoms with Gasteiger partial charge >= 0.3 is 0 Å². The molecule has 2 aromatic rings. The highest BCUT2D eigenvalue weighted by Gasteiger charge is 2.28. The molecular weight excluding hydrogens is 268 g/mol. The summed E-state index contributed by atoms with van der Waals surface area (Å²) in [4.78, 5) is 2.50. The first kappa shape index (κ1) is 15.3. The molecule has 1 aliphatic rings. The van der Waals surface area contributed by atoms with Crippen LogP contribution in [0.15, 0.2) is 60.7 Å². The lowest BCUT2D eigenvalue weighted by atomic mass is 9.76. The van der Waals surface area contributed by atoms with Crippen LogP contribution in [0.3, 0.4) is 0 Å². The van der Waals surface area contributed by atoms with Gasteiger partial charge in [-0.15, -0.1) is 0 Å². The van der Waals surface area contributed by atoms with E-state index in [4.69, 9.17) is 5.73 Å². The van der Waals surface area contributed by atoms with Crippen molar-refractivity contribution in [3.63, 3.8) is 0 Å². The SMILES string of the molecule is NCCN1CCC(C(c2ccccc2)c2ccccc2)CC1. The lowest BCUT2D eigenvalue weighted by Crippen LogP contribution is -2.38. The first-order chi connectivity index (χ1) is 10.9. The molecule has 3 rings (SSSR count). The Morgan fingerprint density at radius 1 is 0.864 bits per heavy atom. The summed E-state index contributed by atoms with van der Waals surface area (Å²) in [6.07, 6.45) is 2.52. The maximum absolute atomic E-state index is 5.69. The zero-order valence-corrected chi connectivity index (χ0v) is 13.2. The molecule has 0 aromatic heterocycles. The van der Waals surface area contributed by atoms with Crippen LogP contribution in [0.2, 0.25) is 0 Å². The summed E-state index contributed by atoms with van der Waals surface area (Å²) in [5.74, 6) is 1.24. The van der Waals surface area contributed by atoms with E-state index in [2.05, 4.69) is 65.6 Å². The van der Waals surface area contributed by atoms with Crippen LogP contribution in [0.25, 0.3) is 0 Å². The molecule has 1 fully saturated rings. The molecule has 2 N–H and O–H groups in total. The maximum Gasteiger partial charge on any atom is 0.0119 e. The van der Waals surface area contributed by atoms with Crippen molar-refractivity contribution >= 4 is 0 Å². The minimum absolute atomic E-state index is 0.516. The predicted octanol–water partition coefficient (Wildman–Crippen LogP) is 3.49. The molecular formula is C20H26N2. The Balaban J connectivity index is 1.81. The molecule has 1 heterocycles. The molecule has 0 aliphatic carbocycles. The van der Waals surface area contributed by atoms with Crippen molar-refractivity contribution in [1.29, 1.82) is 0 Å². The molecule has 0 unspecified atom stereocenters. The summed E-state index contributed by atoms with van der Waals surface area (Å²) in [6.45, 7) is 4.16. The molecule has 116 valence electrons. The molecule has 1 aliphatic heterocycles. The van der Waals surface area contributed by atoms with E-state index in [1.165, 1.54) is 37.1 Å². The van der Waals surface area contributed by atoms with Gasteiger partial charge in [0.25, 0.3) is 0 Å². The van der Waals surface area contributed by atoms with Gasteiger partial charge in [-0.1, -0.05) is 60.7 Å². The smallest absolute Gasteiger partial charge is 0.0119 e. The fraction of sp³-hybridized carbons (Fsp3) is 0.400. The lowest BCUT2D eigenvalue weighted by Gasteiger charge is -2.36. The number of nitrogens with zero attached hydrogens (tertiary/aromatic N) is 1. The highest BCUT2D eigenvalue weighted by molar-refractivity contribution is 5.33. The first-order valence-corrected chi connectivity index (χ1v) is 8.41. The molecule has 1 saturated heterocycles. The summed E-state index contributed by atoms with van der Waals surface area (Å²) in [7, 11) is 0. The summed E-state index contributed by atoms with van der Waals surface area (Å²) in [6, 6.07) is 22.0. The lowest BCUT2D eigenvalue weighted by molar-refractivity contribution is 0.179. The van der Waals surface area contributed by atoms with E-state index in [0.717, 1.165) is 19.0 Å². The predicted molar refractivity (Wildman–Crippen MR) is 92.9 cm³/mol. The molecule has 2 aromatic carbocycles. The van der Waals surface area contributed by atoms with Gasteiger partial charge in [0.05, 0.1) is 0 Å². The Labute approximate surface area is 134 Å². The van der Waals surface area contributed by atoms with Crippen LogP contribution in [0.4, 0.5) is 0 Å². The Kier molecular flexibility index (Phi) is 5.25. The van der Waals surface area contributed by atoms with Crippen LogP contribution < -0.4 is 5.73 Å². The highest BCUT2D eigenvalue weighted by Crippen LogP contribution is 2.37. The second-order valence-electron chi connectivity index (χ2n) is 6.27. The Hall–Kier alpha value is -1.64. The van der Waals surface area contributed by atoms with Crippen molar-refractivity contribution in [1.82, 2.24) is 4.90 Å². The highest BCUT2D eigenvalue weighted by atomic mass is 15.1. The zero-order chi connectivity index (χ0) is 15.2. The molecule has 2 nitrogen and oxygen atoms in total. The van der Waals surface area contributed by atoms with Crippen molar-refractivity contribution in [2.24, 2.45) is 11.7 Å². The number of nitrogens with two attached hydrogens (primary N) is 1. The second-order valence-corrected chi connectivity index (χ2v) is 6.27. The average molecular weight is 294 g/mol. The van der Waals surface area contributed by atoms with Crippen LogP contribution in [0, 0.1) is 5.92 Å². The number of rotatable bonds is 5. The van der Waals surface area contributed by atoms with Gasteiger partial charge < -0.3 is 10.6 Å². The molecule has 22 heavy (non-hydrogen) atoms. The standard InChI is InChI=1S/C20H26N2/c21-13-16-22-14-11-19(12-15-22)20(17-7-3-1-4-8-17)18-9-5-2-6-10-18/h1-10,19-20H,11-16,21H2. The minimum atomic E-state index is 0.516. The van der Waals surface area contributed by atoms with Gasteiger partial charge in [0, 0.05) is 19.0 Å². The summed E-state index contributed by atoms with van der Waals surface area (Å²) in [5, 5.41) is 0. The van der Waals surface area contributed by atoms with E-state index in [0.29, 0.717) is 5.92 Å². The van der Waals surface area contributed by atoms with E-state index in [1.807, 2.05) is 0 Å². The second kappa shape index (κ2) is 7.57. The van der Waals surface area contributed by atoms with Crippen molar-refractivity contribution in [3.8, 4) is 0 Å². The van der Waals surface area contributed by atoms with Crippen LogP contribution in [-0.4, -0.2) is 31.1 Å². The van der Waals surface area contributed by atoms with Gasteiger partial charge in [-0.05, 0) is 43.0 Å². The number of hydrogen-bond donors (Lipinski definition) is 1. The fourth-order valence-electron chi connectivity index (χ4n) is 3.75. The van der Waals surface area contributed by atoms with E-state index >= 15 is 0 Å². The Morgan fingerprint density at radius 2 is 1.36 bits per heavy atom. The number of benzene rings is 2. The van der Waals surface area contributed by atoms with Gasteiger partial charge in [-0.3, -0.25) is 0 Å². The molecule has 0 bridgehead atoms. The molecule has 0 spiro atoms. The largest absolute Gasteiger partial charge is 0.329 e. The van der Waals surface area contributed by atoms with Crippen molar-refractivity contribution in [2.45, 2.75) is 18.8 Å². The zero-order valence-electron chi connectivity index (χ0n) is 13.2. The quantitative estimate of drug-likeness (QED) is 0.914. The third kappa shape index (κ3) is 3.57. The molecule has 2 heteroatoms. The number of likely N-dealkylation sites (tertiary alicyclic amines) is 1. The number of piperidine rings is 1. The molecule has 0 amide bonds. The maximum atomic E-state index is 5.69. The van der Waals surface area contributed by atoms with Crippen molar-refractivity contribution < 1.29 is 0 Å². The van der Waals surface area contributed by atoms with Crippen LogP contribution in [0.5, 0.6) is 0 Å². The monoisotopic (exact) mass is 294 g/mol. The van der Waals surface area contributed by atoms with Gasteiger partial charge in [-0.25, -0.2) is 0 Å². The fourth-order valence-corrected chi connectivity index (χ4v) is 3.75.